The number of carbonyl (C=O) groups is 1. The van der Waals surface area contributed by atoms with Crippen LogP contribution in [-0.2, 0) is 6.54 Å². The summed E-state index contributed by atoms with van der Waals surface area (Å²) in [6.45, 7) is 3.93. The molecule has 0 saturated heterocycles. The minimum atomic E-state index is -0.192. The third-order valence-corrected chi connectivity index (χ3v) is 4.59. The summed E-state index contributed by atoms with van der Waals surface area (Å²) in [5.74, 6) is 1.38. The predicted molar refractivity (Wildman–Crippen MR) is 92.6 cm³/mol. The van der Waals surface area contributed by atoms with Gasteiger partial charge in [-0.3, -0.25) is 4.79 Å². The van der Waals surface area contributed by atoms with E-state index in [1.165, 1.54) is 11.3 Å². The molecule has 0 aliphatic carbocycles. The number of ether oxygens (including phenoxy) is 2. The predicted octanol–water partition coefficient (Wildman–Crippen LogP) is 2.29. The summed E-state index contributed by atoms with van der Waals surface area (Å²) in [5, 5.41) is 2.53. The lowest BCUT2D eigenvalue weighted by molar-refractivity contribution is 0.0459. The molecule has 1 amide bonds. The molecule has 0 bridgehead atoms. The molecular formula is C17H21N3O3S. The van der Waals surface area contributed by atoms with Gasteiger partial charge in [0.15, 0.2) is 17.6 Å². The molecule has 2 N–H and O–H groups in total. The fourth-order valence-corrected chi connectivity index (χ4v) is 3.26. The highest BCUT2D eigenvalue weighted by molar-refractivity contribution is 7.09. The fourth-order valence-electron chi connectivity index (χ4n) is 2.61. The Kier molecular flexibility index (Phi) is 5.32. The molecule has 6 nitrogen and oxygen atoms in total. The Morgan fingerprint density at radius 2 is 2.21 bits per heavy atom. The van der Waals surface area contributed by atoms with Gasteiger partial charge in [-0.15, -0.1) is 11.3 Å². The Morgan fingerprint density at radius 1 is 1.42 bits per heavy atom. The maximum atomic E-state index is 12.7. The highest BCUT2D eigenvalue weighted by atomic mass is 32.1. The van der Waals surface area contributed by atoms with E-state index >= 15 is 0 Å². The number of nitrogens with zero attached hydrogens (tertiary/aromatic N) is 2. The van der Waals surface area contributed by atoms with E-state index in [1.807, 2.05) is 31.2 Å². The lowest BCUT2D eigenvalue weighted by atomic mass is 10.2. The fraction of sp³-hybridized carbons (Fsp3) is 0.412. The number of hydrogen-bond donors (Lipinski definition) is 1. The normalized spacial score (nSPS) is 16.0. The maximum absolute atomic E-state index is 12.7. The van der Waals surface area contributed by atoms with Gasteiger partial charge >= 0.3 is 0 Å². The summed E-state index contributed by atoms with van der Waals surface area (Å²) < 4.78 is 11.7. The van der Waals surface area contributed by atoms with Gasteiger partial charge in [0.25, 0.3) is 5.91 Å². The Labute approximate surface area is 145 Å². The van der Waals surface area contributed by atoms with E-state index in [0.717, 1.165) is 22.9 Å². The molecule has 0 spiro atoms. The number of hydrogen-bond acceptors (Lipinski definition) is 6. The van der Waals surface area contributed by atoms with Crippen molar-refractivity contribution in [2.75, 3.05) is 19.7 Å². The van der Waals surface area contributed by atoms with E-state index in [2.05, 4.69) is 4.98 Å². The van der Waals surface area contributed by atoms with Crippen LogP contribution in [0.5, 0.6) is 11.5 Å². The number of para-hydroxylation sites is 2. The molecule has 24 heavy (non-hydrogen) atoms. The number of aromatic nitrogens is 1. The van der Waals surface area contributed by atoms with Crippen molar-refractivity contribution in [1.29, 1.82) is 0 Å². The molecule has 7 heteroatoms. The summed E-state index contributed by atoms with van der Waals surface area (Å²) in [6.07, 6.45) is 0.673. The molecule has 2 heterocycles. The van der Waals surface area contributed by atoms with Crippen LogP contribution >= 0.6 is 11.3 Å². The van der Waals surface area contributed by atoms with E-state index in [-0.39, 0.29) is 12.0 Å². The van der Waals surface area contributed by atoms with Crippen LogP contribution in [0.1, 0.15) is 28.8 Å². The van der Waals surface area contributed by atoms with Crippen molar-refractivity contribution in [3.8, 4) is 11.5 Å². The van der Waals surface area contributed by atoms with Gasteiger partial charge in [-0.1, -0.05) is 19.1 Å². The molecule has 1 atom stereocenters. The van der Waals surface area contributed by atoms with E-state index in [0.29, 0.717) is 31.9 Å². The van der Waals surface area contributed by atoms with E-state index in [9.17, 15) is 4.79 Å². The van der Waals surface area contributed by atoms with Crippen LogP contribution in [0.2, 0.25) is 0 Å². The first-order valence-electron chi connectivity index (χ1n) is 8.03. The first-order valence-corrected chi connectivity index (χ1v) is 8.91. The minimum absolute atomic E-state index is 0.0877. The van der Waals surface area contributed by atoms with Crippen molar-refractivity contribution in [3.63, 3.8) is 0 Å². The Bertz CT molecular complexity index is 704. The third kappa shape index (κ3) is 3.68. The average molecular weight is 347 g/mol. The lowest BCUT2D eigenvalue weighted by Gasteiger charge is -2.31. The van der Waals surface area contributed by atoms with Crippen molar-refractivity contribution < 1.29 is 14.3 Å². The summed E-state index contributed by atoms with van der Waals surface area (Å²) in [4.78, 5) is 18.8. The zero-order valence-electron chi connectivity index (χ0n) is 13.6. The number of nitrogens with two attached hydrogens (primary N) is 1. The lowest BCUT2D eigenvalue weighted by Crippen LogP contribution is -2.44. The van der Waals surface area contributed by atoms with Crippen molar-refractivity contribution in [2.24, 2.45) is 5.73 Å². The molecular weight excluding hydrogens is 326 g/mol. The Hall–Kier alpha value is -2.12. The van der Waals surface area contributed by atoms with Crippen molar-refractivity contribution >= 4 is 17.2 Å². The number of fused-ring (bicyclic) bond motifs is 1. The van der Waals surface area contributed by atoms with Gasteiger partial charge in [-0.2, -0.15) is 0 Å². The van der Waals surface area contributed by atoms with Crippen molar-refractivity contribution in [1.82, 2.24) is 9.88 Å². The van der Waals surface area contributed by atoms with Crippen LogP contribution in [0.3, 0.4) is 0 Å². The number of amides is 1. The molecule has 2 aromatic rings. The number of rotatable bonds is 6. The van der Waals surface area contributed by atoms with Gasteiger partial charge in [0, 0.05) is 18.5 Å². The molecule has 128 valence electrons. The van der Waals surface area contributed by atoms with Crippen LogP contribution in [0.4, 0.5) is 0 Å². The topological polar surface area (TPSA) is 77.7 Å². The summed E-state index contributed by atoms with van der Waals surface area (Å²) >= 11 is 1.41. The summed E-state index contributed by atoms with van der Waals surface area (Å²) in [7, 11) is 0. The van der Waals surface area contributed by atoms with Crippen molar-refractivity contribution in [2.45, 2.75) is 26.0 Å². The average Bonchev–Trinajstić information content (AvgIpc) is 3.10. The molecule has 0 fully saturated rings. The van der Waals surface area contributed by atoms with Gasteiger partial charge in [0.05, 0.1) is 6.54 Å². The SMILES string of the molecule is CCCN(CC1COc2ccccc2O1)C(=O)c1csc(CN)n1. The second kappa shape index (κ2) is 7.63. The molecule has 1 aliphatic heterocycles. The zero-order valence-corrected chi connectivity index (χ0v) is 14.4. The first kappa shape index (κ1) is 16.7. The summed E-state index contributed by atoms with van der Waals surface area (Å²) in [5.41, 5.74) is 6.03. The number of thiazole rings is 1. The Morgan fingerprint density at radius 3 is 2.92 bits per heavy atom. The summed E-state index contributed by atoms with van der Waals surface area (Å²) in [6, 6.07) is 7.57. The van der Waals surface area contributed by atoms with Crippen LogP contribution in [-0.4, -0.2) is 41.6 Å². The standard InChI is InChI=1S/C17H21N3O3S/c1-2-7-20(17(21)13-11-24-16(8-18)19-13)9-12-10-22-14-5-3-4-6-15(14)23-12/h3-6,11-12H,2,7-10,18H2,1H3. The molecule has 0 radical (unpaired) electrons. The number of benzene rings is 1. The Balaban J connectivity index is 1.69. The third-order valence-electron chi connectivity index (χ3n) is 3.72. The zero-order chi connectivity index (χ0) is 16.9. The van der Waals surface area contributed by atoms with Crippen LogP contribution in [0, 0.1) is 0 Å². The minimum Gasteiger partial charge on any atom is -0.486 e. The van der Waals surface area contributed by atoms with Gasteiger partial charge in [-0.25, -0.2) is 4.98 Å². The second-order valence-corrected chi connectivity index (χ2v) is 6.52. The van der Waals surface area contributed by atoms with Crippen LogP contribution in [0.25, 0.3) is 0 Å². The van der Waals surface area contributed by atoms with Gasteiger partial charge in [0.2, 0.25) is 0 Å². The molecule has 0 saturated carbocycles. The molecule has 3 rings (SSSR count). The molecule has 1 aromatic carbocycles. The van der Waals surface area contributed by atoms with Crippen molar-refractivity contribution in [3.05, 3.63) is 40.3 Å². The second-order valence-electron chi connectivity index (χ2n) is 5.58. The van der Waals surface area contributed by atoms with Crippen LogP contribution in [0.15, 0.2) is 29.6 Å². The van der Waals surface area contributed by atoms with E-state index < -0.39 is 0 Å². The maximum Gasteiger partial charge on any atom is 0.273 e. The first-order chi connectivity index (χ1) is 11.7. The monoisotopic (exact) mass is 347 g/mol. The molecule has 1 aromatic heterocycles. The van der Waals surface area contributed by atoms with E-state index in [1.54, 1.807) is 10.3 Å². The van der Waals surface area contributed by atoms with Gasteiger partial charge < -0.3 is 20.1 Å². The van der Waals surface area contributed by atoms with Crippen LogP contribution < -0.4 is 15.2 Å². The highest BCUT2D eigenvalue weighted by Gasteiger charge is 2.26. The largest absolute Gasteiger partial charge is 0.486 e. The van der Waals surface area contributed by atoms with E-state index in [4.69, 9.17) is 15.2 Å². The smallest absolute Gasteiger partial charge is 0.273 e. The molecule has 1 aliphatic rings. The molecule has 1 unspecified atom stereocenters. The quantitative estimate of drug-likeness (QED) is 0.867. The van der Waals surface area contributed by atoms with Gasteiger partial charge in [0.1, 0.15) is 17.3 Å². The van der Waals surface area contributed by atoms with Gasteiger partial charge in [-0.05, 0) is 18.6 Å². The number of carbonyl (C=O) groups excluding carboxylic acids is 1. The highest BCUT2D eigenvalue weighted by Crippen LogP contribution is 2.31.